The summed E-state index contributed by atoms with van der Waals surface area (Å²) in [6.07, 6.45) is 3.11. The van der Waals surface area contributed by atoms with Gasteiger partial charge in [-0.3, -0.25) is 4.79 Å². The lowest BCUT2D eigenvalue weighted by molar-refractivity contribution is -0.444. The van der Waals surface area contributed by atoms with E-state index in [1.807, 2.05) is 13.8 Å². The fraction of sp³-hybridized carbons (Fsp3) is 0.769. The molecule has 19 heavy (non-hydrogen) atoms. The molecule has 0 spiro atoms. The highest BCUT2D eigenvalue weighted by atomic mass is 35.5. The van der Waals surface area contributed by atoms with Crippen LogP contribution in [0.4, 0.5) is 4.79 Å². The number of amides is 3. The molecule has 0 radical (unpaired) electrons. The molecule has 0 bridgehead atoms. The first-order chi connectivity index (χ1) is 8.46. The molecule has 3 amide bonds. The van der Waals surface area contributed by atoms with Gasteiger partial charge in [-0.05, 0) is 19.3 Å². The third-order valence-electron chi connectivity index (χ3n) is 3.96. The van der Waals surface area contributed by atoms with E-state index in [0.717, 1.165) is 12.8 Å². The topological polar surface area (TPSA) is 66.4 Å². The number of hydrogen-bond acceptors (Lipinski definition) is 3. The van der Waals surface area contributed by atoms with Crippen molar-refractivity contribution in [1.82, 2.24) is 4.90 Å². The Hall–Kier alpha value is -1.10. The fourth-order valence-electron chi connectivity index (χ4n) is 2.51. The third kappa shape index (κ3) is 2.76. The summed E-state index contributed by atoms with van der Waals surface area (Å²) in [5.74, 6) is 0.247. The largest absolute Gasteiger partial charge is 1.00 e. The number of unbranched alkanes of at least 4 members (excludes halogenated alkanes) is 1. The zero-order chi connectivity index (χ0) is 13.9. The molecule has 0 unspecified atom stereocenters. The maximum atomic E-state index is 12.3. The Morgan fingerprint density at radius 2 is 1.74 bits per heavy atom. The number of nitrogens with two attached hydrogens (primary N) is 1. The Bertz CT molecular complexity index is 389. The molecule has 5 nitrogen and oxygen atoms in total. The molecule has 0 saturated heterocycles. The van der Waals surface area contributed by atoms with Crippen LogP contribution in [0.2, 0.25) is 0 Å². The van der Waals surface area contributed by atoms with E-state index in [9.17, 15) is 9.59 Å². The van der Waals surface area contributed by atoms with Crippen LogP contribution < -0.4 is 18.1 Å². The van der Waals surface area contributed by atoms with Crippen LogP contribution in [0.5, 0.6) is 0 Å². The van der Waals surface area contributed by atoms with Gasteiger partial charge in [0.05, 0.1) is 13.6 Å². The molecule has 1 heterocycles. The zero-order valence-corrected chi connectivity index (χ0v) is 13.0. The summed E-state index contributed by atoms with van der Waals surface area (Å²) < 4.78 is 1.57. The number of halogens is 1. The van der Waals surface area contributed by atoms with E-state index < -0.39 is 5.41 Å². The molecule has 0 aromatic heterocycles. The Balaban J connectivity index is 0.00000324. The molecule has 0 fully saturated rings. The van der Waals surface area contributed by atoms with Gasteiger partial charge in [0.15, 0.2) is 0 Å². The quantitative estimate of drug-likeness (QED) is 0.631. The number of amidine groups is 1. The van der Waals surface area contributed by atoms with Gasteiger partial charge in [-0.15, -0.1) is 0 Å². The second-order valence-corrected chi connectivity index (χ2v) is 4.83. The molecule has 2 N–H and O–H groups in total. The van der Waals surface area contributed by atoms with Crippen molar-refractivity contribution >= 4 is 17.8 Å². The molecule has 6 heteroatoms. The minimum absolute atomic E-state index is 0. The molecule has 110 valence electrons. The SMILES string of the molecule is CCCC[N+]1=C(N)C(CC)(CC)C(=O)N(C)C1=O.[Cl-]. The minimum atomic E-state index is -0.712. The van der Waals surface area contributed by atoms with Crippen molar-refractivity contribution in [2.45, 2.75) is 46.5 Å². The van der Waals surface area contributed by atoms with Crippen LogP contribution in [0, 0.1) is 5.41 Å². The summed E-state index contributed by atoms with van der Waals surface area (Å²) in [7, 11) is 1.54. The second kappa shape index (κ2) is 6.89. The second-order valence-electron chi connectivity index (χ2n) is 4.83. The Labute approximate surface area is 121 Å². The highest BCUT2D eigenvalue weighted by molar-refractivity contribution is 6.12. The van der Waals surface area contributed by atoms with Gasteiger partial charge >= 0.3 is 11.9 Å². The van der Waals surface area contributed by atoms with E-state index in [1.165, 1.54) is 11.9 Å². The van der Waals surface area contributed by atoms with Gasteiger partial charge < -0.3 is 18.1 Å². The highest BCUT2D eigenvalue weighted by Crippen LogP contribution is 2.32. The molecule has 0 saturated carbocycles. The first-order valence-electron chi connectivity index (χ1n) is 6.68. The van der Waals surface area contributed by atoms with E-state index in [0.29, 0.717) is 25.2 Å². The van der Waals surface area contributed by atoms with Crippen molar-refractivity contribution in [2.24, 2.45) is 11.1 Å². The molecule has 0 aliphatic carbocycles. The molecule has 0 atom stereocenters. The number of imide groups is 1. The van der Waals surface area contributed by atoms with Gasteiger partial charge in [-0.1, -0.05) is 27.2 Å². The standard InChI is InChI=1S/C13H23N3O2.ClH/c1-5-8-9-16-10(14)13(6-2,7-3)11(17)15(4)12(16)18;/h14H,5-9H2,1-4H3;1H. The first-order valence-corrected chi connectivity index (χ1v) is 6.68. The van der Waals surface area contributed by atoms with Gasteiger partial charge in [-0.2, -0.15) is 9.48 Å². The Morgan fingerprint density at radius 3 is 2.16 bits per heavy atom. The number of urea groups is 1. The van der Waals surface area contributed by atoms with Crippen molar-refractivity contribution in [3.8, 4) is 0 Å². The maximum absolute atomic E-state index is 12.3. The van der Waals surface area contributed by atoms with Gasteiger partial charge in [0.2, 0.25) is 5.84 Å². The van der Waals surface area contributed by atoms with Crippen LogP contribution in [0.1, 0.15) is 46.5 Å². The smallest absolute Gasteiger partial charge is 0.445 e. The third-order valence-corrected chi connectivity index (χ3v) is 3.96. The average Bonchev–Trinajstić information content (AvgIpc) is 2.38. The molecule has 0 aromatic rings. The number of hydrogen-bond donors (Lipinski definition) is 1. The van der Waals surface area contributed by atoms with Gasteiger partial charge in [0.25, 0.3) is 0 Å². The predicted octanol–water partition coefficient (Wildman–Crippen LogP) is -1.44. The van der Waals surface area contributed by atoms with Crippen LogP contribution in [-0.4, -0.2) is 40.8 Å². The Kier molecular flexibility index (Phi) is 6.49. The normalized spacial score (nSPS) is 18.6. The van der Waals surface area contributed by atoms with Crippen molar-refractivity contribution in [1.29, 1.82) is 0 Å². The molecule has 1 aliphatic heterocycles. The van der Waals surface area contributed by atoms with E-state index in [-0.39, 0.29) is 24.3 Å². The summed E-state index contributed by atoms with van der Waals surface area (Å²) in [6.45, 7) is 6.53. The van der Waals surface area contributed by atoms with Crippen LogP contribution >= 0.6 is 0 Å². The van der Waals surface area contributed by atoms with E-state index in [1.54, 1.807) is 4.58 Å². The monoisotopic (exact) mass is 289 g/mol. The molecular formula is C13H24ClN3O2. The van der Waals surface area contributed by atoms with Gasteiger partial charge in [0, 0.05) is 0 Å². The first kappa shape index (κ1) is 17.9. The Morgan fingerprint density at radius 1 is 1.21 bits per heavy atom. The van der Waals surface area contributed by atoms with Crippen LogP contribution in [0.15, 0.2) is 0 Å². The van der Waals surface area contributed by atoms with Crippen molar-refractivity contribution < 1.29 is 26.6 Å². The summed E-state index contributed by atoms with van der Waals surface area (Å²) in [6, 6.07) is -0.302. The van der Waals surface area contributed by atoms with Crippen LogP contribution in [0.25, 0.3) is 0 Å². The lowest BCUT2D eigenvalue weighted by Crippen LogP contribution is -3.00. The average molecular weight is 290 g/mol. The molecule has 1 aliphatic rings. The van der Waals surface area contributed by atoms with E-state index >= 15 is 0 Å². The number of nitrogens with zero attached hydrogens (tertiary/aromatic N) is 2. The van der Waals surface area contributed by atoms with Crippen LogP contribution in [-0.2, 0) is 4.79 Å². The van der Waals surface area contributed by atoms with Crippen molar-refractivity contribution in [3.63, 3.8) is 0 Å². The number of carbonyl (C=O) groups excluding carboxylic acids is 2. The van der Waals surface area contributed by atoms with Crippen LogP contribution in [0.3, 0.4) is 0 Å². The van der Waals surface area contributed by atoms with Crippen molar-refractivity contribution in [3.05, 3.63) is 0 Å². The highest BCUT2D eigenvalue weighted by Gasteiger charge is 2.53. The summed E-state index contributed by atoms with van der Waals surface area (Å²) >= 11 is 0. The van der Waals surface area contributed by atoms with Gasteiger partial charge in [-0.25, -0.2) is 4.79 Å². The zero-order valence-electron chi connectivity index (χ0n) is 12.2. The summed E-state index contributed by atoms with van der Waals surface area (Å²) in [5, 5.41) is 0. The van der Waals surface area contributed by atoms with E-state index in [4.69, 9.17) is 5.73 Å². The predicted molar refractivity (Wildman–Crippen MR) is 70.4 cm³/mol. The van der Waals surface area contributed by atoms with Gasteiger partial charge in [0.1, 0.15) is 5.41 Å². The molecule has 0 aromatic carbocycles. The number of rotatable bonds is 5. The number of carbonyl (C=O) groups is 2. The van der Waals surface area contributed by atoms with E-state index in [2.05, 4.69) is 6.92 Å². The fourth-order valence-corrected chi connectivity index (χ4v) is 2.51. The summed E-state index contributed by atoms with van der Waals surface area (Å²) in [5.41, 5.74) is 5.43. The molecular weight excluding hydrogens is 266 g/mol. The molecule has 1 rings (SSSR count). The minimum Gasteiger partial charge on any atom is -1.00 e. The summed E-state index contributed by atoms with van der Waals surface area (Å²) in [4.78, 5) is 25.6. The lowest BCUT2D eigenvalue weighted by atomic mass is 9.78. The van der Waals surface area contributed by atoms with Crippen molar-refractivity contribution in [2.75, 3.05) is 13.6 Å². The lowest BCUT2D eigenvalue weighted by Gasteiger charge is -2.34. The maximum Gasteiger partial charge on any atom is 0.445 e.